The number of β-amino-alcohol motifs (C(OH)–C–C–N with tert-alkyl or cyclic N) is 1. The lowest BCUT2D eigenvalue weighted by Gasteiger charge is -2.35. The number of amides is 1. The van der Waals surface area contributed by atoms with E-state index in [0.717, 1.165) is 37.7 Å². The molecule has 1 amide bonds. The first-order valence-corrected chi connectivity index (χ1v) is 8.56. The fourth-order valence-electron chi connectivity index (χ4n) is 3.03. The van der Waals surface area contributed by atoms with Gasteiger partial charge in [-0.25, -0.2) is 4.98 Å². The summed E-state index contributed by atoms with van der Waals surface area (Å²) >= 11 is 0. The summed E-state index contributed by atoms with van der Waals surface area (Å²) < 4.78 is 0. The first kappa shape index (κ1) is 17.4. The van der Waals surface area contributed by atoms with Crippen LogP contribution < -0.4 is 9.80 Å². The Hall–Kier alpha value is -2.44. The lowest BCUT2D eigenvalue weighted by atomic mass is 10.2. The SMILES string of the molecule is CN(C(=O)c1ccnc(N2CCN(CCO)CC2)c1)c1ccccc1. The number of anilines is 2. The van der Waals surface area contributed by atoms with E-state index in [2.05, 4.69) is 14.8 Å². The number of hydrogen-bond donors (Lipinski definition) is 1. The van der Waals surface area contributed by atoms with Gasteiger partial charge < -0.3 is 14.9 Å². The molecule has 1 N–H and O–H groups in total. The molecule has 1 aromatic carbocycles. The molecule has 25 heavy (non-hydrogen) atoms. The average molecular weight is 340 g/mol. The van der Waals surface area contributed by atoms with Crippen LogP contribution in [0.3, 0.4) is 0 Å². The zero-order chi connectivity index (χ0) is 17.6. The summed E-state index contributed by atoms with van der Waals surface area (Å²) in [4.78, 5) is 23.3. The van der Waals surface area contributed by atoms with Crippen LogP contribution >= 0.6 is 0 Å². The van der Waals surface area contributed by atoms with Crippen molar-refractivity contribution in [2.45, 2.75) is 0 Å². The van der Waals surface area contributed by atoms with Gasteiger partial charge in [-0.2, -0.15) is 0 Å². The summed E-state index contributed by atoms with van der Waals surface area (Å²) in [5.74, 6) is 0.782. The van der Waals surface area contributed by atoms with E-state index in [9.17, 15) is 4.79 Å². The minimum Gasteiger partial charge on any atom is -0.395 e. The maximum Gasteiger partial charge on any atom is 0.258 e. The van der Waals surface area contributed by atoms with Gasteiger partial charge in [0.2, 0.25) is 0 Å². The number of carbonyl (C=O) groups is 1. The predicted octanol–water partition coefficient (Wildman–Crippen LogP) is 1.47. The zero-order valence-electron chi connectivity index (χ0n) is 14.5. The topological polar surface area (TPSA) is 59.9 Å². The van der Waals surface area contributed by atoms with Crippen molar-refractivity contribution in [1.82, 2.24) is 9.88 Å². The smallest absolute Gasteiger partial charge is 0.258 e. The number of benzene rings is 1. The highest BCUT2D eigenvalue weighted by molar-refractivity contribution is 6.06. The molecule has 6 nitrogen and oxygen atoms in total. The third-order valence-electron chi connectivity index (χ3n) is 4.55. The van der Waals surface area contributed by atoms with Crippen molar-refractivity contribution in [2.24, 2.45) is 0 Å². The minimum absolute atomic E-state index is 0.0474. The van der Waals surface area contributed by atoms with Gasteiger partial charge in [0.1, 0.15) is 5.82 Å². The van der Waals surface area contributed by atoms with Crippen molar-refractivity contribution in [1.29, 1.82) is 0 Å². The normalized spacial score (nSPS) is 15.2. The van der Waals surface area contributed by atoms with Gasteiger partial charge in [0.05, 0.1) is 6.61 Å². The third-order valence-corrected chi connectivity index (χ3v) is 4.55. The number of piperazine rings is 1. The van der Waals surface area contributed by atoms with E-state index in [4.69, 9.17) is 5.11 Å². The van der Waals surface area contributed by atoms with Crippen LogP contribution in [0.1, 0.15) is 10.4 Å². The Balaban J connectivity index is 1.70. The van der Waals surface area contributed by atoms with Gasteiger partial charge in [0, 0.05) is 57.2 Å². The molecule has 2 heterocycles. The van der Waals surface area contributed by atoms with Gasteiger partial charge in [-0.05, 0) is 24.3 Å². The van der Waals surface area contributed by atoms with E-state index < -0.39 is 0 Å². The minimum atomic E-state index is -0.0474. The molecule has 1 saturated heterocycles. The molecule has 0 aliphatic carbocycles. The Morgan fingerprint density at radius 2 is 1.88 bits per heavy atom. The van der Waals surface area contributed by atoms with Crippen LogP contribution in [0.5, 0.6) is 0 Å². The van der Waals surface area contributed by atoms with Gasteiger partial charge in [-0.1, -0.05) is 18.2 Å². The van der Waals surface area contributed by atoms with Crippen LogP contribution in [-0.2, 0) is 0 Å². The van der Waals surface area contributed by atoms with E-state index >= 15 is 0 Å². The standard InChI is InChI=1S/C19H24N4O2/c1-21(17-5-3-2-4-6-17)19(25)16-7-8-20-18(15-16)23-11-9-22(10-12-23)13-14-24/h2-8,15,24H,9-14H2,1H3. The third kappa shape index (κ3) is 4.15. The first-order chi connectivity index (χ1) is 12.2. The molecular weight excluding hydrogens is 316 g/mol. The zero-order valence-corrected chi connectivity index (χ0v) is 14.5. The Labute approximate surface area is 148 Å². The Morgan fingerprint density at radius 1 is 1.16 bits per heavy atom. The van der Waals surface area contributed by atoms with Gasteiger partial charge in [-0.3, -0.25) is 9.69 Å². The second-order valence-corrected chi connectivity index (χ2v) is 6.15. The molecule has 1 aliphatic rings. The number of carbonyl (C=O) groups excluding carboxylic acids is 1. The van der Waals surface area contributed by atoms with E-state index in [1.165, 1.54) is 0 Å². The fraction of sp³-hybridized carbons (Fsp3) is 0.368. The highest BCUT2D eigenvalue weighted by Gasteiger charge is 2.19. The molecular formula is C19H24N4O2. The van der Waals surface area contributed by atoms with Crippen molar-refractivity contribution >= 4 is 17.4 Å². The number of pyridine rings is 1. The summed E-state index contributed by atoms with van der Waals surface area (Å²) in [5.41, 5.74) is 1.50. The van der Waals surface area contributed by atoms with Crippen LogP contribution in [-0.4, -0.2) is 67.3 Å². The number of hydrogen-bond acceptors (Lipinski definition) is 5. The van der Waals surface area contributed by atoms with E-state index in [0.29, 0.717) is 12.1 Å². The van der Waals surface area contributed by atoms with Gasteiger partial charge in [0.15, 0.2) is 0 Å². The van der Waals surface area contributed by atoms with Crippen molar-refractivity contribution in [3.8, 4) is 0 Å². The van der Waals surface area contributed by atoms with Crippen LogP contribution in [0.25, 0.3) is 0 Å². The molecule has 1 aliphatic heterocycles. The second kappa shape index (κ2) is 8.09. The van der Waals surface area contributed by atoms with Gasteiger partial charge in [-0.15, -0.1) is 0 Å². The molecule has 0 radical (unpaired) electrons. The van der Waals surface area contributed by atoms with Crippen LogP contribution in [0.4, 0.5) is 11.5 Å². The molecule has 6 heteroatoms. The molecule has 1 fully saturated rings. The summed E-state index contributed by atoms with van der Waals surface area (Å²) in [5, 5.41) is 9.04. The maximum atomic E-state index is 12.8. The number of aromatic nitrogens is 1. The van der Waals surface area contributed by atoms with E-state index in [1.54, 1.807) is 24.2 Å². The monoisotopic (exact) mass is 340 g/mol. The Morgan fingerprint density at radius 3 is 2.56 bits per heavy atom. The number of rotatable bonds is 5. The van der Waals surface area contributed by atoms with E-state index in [1.807, 2.05) is 36.4 Å². The van der Waals surface area contributed by atoms with Crippen molar-refractivity contribution in [2.75, 3.05) is 56.2 Å². The maximum absolute atomic E-state index is 12.8. The van der Waals surface area contributed by atoms with Crippen LogP contribution in [0.15, 0.2) is 48.7 Å². The first-order valence-electron chi connectivity index (χ1n) is 8.56. The highest BCUT2D eigenvalue weighted by Crippen LogP contribution is 2.19. The lowest BCUT2D eigenvalue weighted by molar-refractivity contribution is 0.0993. The molecule has 0 spiro atoms. The van der Waals surface area contributed by atoms with Gasteiger partial charge >= 0.3 is 0 Å². The summed E-state index contributed by atoms with van der Waals surface area (Å²) in [6.45, 7) is 4.38. The molecule has 0 atom stereocenters. The fourth-order valence-corrected chi connectivity index (χ4v) is 3.03. The predicted molar refractivity (Wildman–Crippen MR) is 99.2 cm³/mol. The molecule has 2 aromatic rings. The highest BCUT2D eigenvalue weighted by atomic mass is 16.3. The van der Waals surface area contributed by atoms with E-state index in [-0.39, 0.29) is 12.5 Å². The Bertz CT molecular complexity index is 700. The molecule has 132 valence electrons. The number of para-hydroxylation sites is 1. The van der Waals surface area contributed by atoms with Crippen LogP contribution in [0.2, 0.25) is 0 Å². The van der Waals surface area contributed by atoms with Crippen LogP contribution in [0, 0.1) is 0 Å². The number of aliphatic hydroxyl groups is 1. The number of nitrogens with zero attached hydrogens (tertiary/aromatic N) is 4. The largest absolute Gasteiger partial charge is 0.395 e. The average Bonchev–Trinajstić information content (AvgIpc) is 2.68. The quantitative estimate of drug-likeness (QED) is 0.893. The Kier molecular flexibility index (Phi) is 5.63. The second-order valence-electron chi connectivity index (χ2n) is 6.15. The lowest BCUT2D eigenvalue weighted by Crippen LogP contribution is -2.47. The molecule has 1 aromatic heterocycles. The summed E-state index contributed by atoms with van der Waals surface area (Å²) in [6.07, 6.45) is 1.70. The molecule has 3 rings (SSSR count). The molecule has 0 saturated carbocycles. The van der Waals surface area contributed by atoms with Gasteiger partial charge in [0.25, 0.3) is 5.91 Å². The van der Waals surface area contributed by atoms with Crippen molar-refractivity contribution in [3.63, 3.8) is 0 Å². The van der Waals surface area contributed by atoms with Crippen molar-refractivity contribution < 1.29 is 9.90 Å². The summed E-state index contributed by atoms with van der Waals surface area (Å²) in [6, 6.07) is 13.2. The molecule has 0 unspecified atom stereocenters. The number of aliphatic hydroxyl groups excluding tert-OH is 1. The van der Waals surface area contributed by atoms with Crippen molar-refractivity contribution in [3.05, 3.63) is 54.2 Å². The summed E-state index contributed by atoms with van der Waals surface area (Å²) in [7, 11) is 1.78. The molecule has 0 bridgehead atoms.